The Morgan fingerprint density at radius 3 is 2.40 bits per heavy atom. The summed E-state index contributed by atoms with van der Waals surface area (Å²) in [5, 5.41) is 8.95. The molecule has 4 rings (SSSR count). The average molecular weight is 425 g/mol. The maximum Gasteiger partial charge on any atom is 0.240 e. The molecule has 1 heterocycles. The highest BCUT2D eigenvalue weighted by atomic mass is 32.2. The van der Waals surface area contributed by atoms with Gasteiger partial charge in [0.2, 0.25) is 5.91 Å². The van der Waals surface area contributed by atoms with Crippen LogP contribution in [0.4, 0.5) is 4.39 Å². The van der Waals surface area contributed by atoms with Crippen LogP contribution in [0, 0.1) is 5.82 Å². The molecule has 1 aromatic heterocycles. The van der Waals surface area contributed by atoms with Crippen LogP contribution in [0.5, 0.6) is 0 Å². The molecule has 0 N–H and O–H groups in total. The van der Waals surface area contributed by atoms with E-state index >= 15 is 0 Å². The van der Waals surface area contributed by atoms with Gasteiger partial charge in [-0.05, 0) is 44.4 Å². The summed E-state index contributed by atoms with van der Waals surface area (Å²) in [7, 11) is 0. The molecule has 1 aliphatic carbocycles. The van der Waals surface area contributed by atoms with E-state index in [-0.39, 0.29) is 17.8 Å². The Hall–Kier alpha value is -2.67. The first kappa shape index (κ1) is 20.6. The molecule has 7 heteroatoms. The van der Waals surface area contributed by atoms with Crippen LogP contribution in [0.2, 0.25) is 0 Å². The fourth-order valence-corrected chi connectivity index (χ4v) is 4.73. The predicted molar refractivity (Wildman–Crippen MR) is 117 cm³/mol. The Bertz CT molecular complexity index is 1020. The Morgan fingerprint density at radius 1 is 1.10 bits per heavy atom. The summed E-state index contributed by atoms with van der Waals surface area (Å²) in [4.78, 5) is 15.2. The fourth-order valence-electron chi connectivity index (χ4n) is 3.54. The second kappa shape index (κ2) is 9.00. The molecule has 5 nitrogen and oxygen atoms in total. The van der Waals surface area contributed by atoms with Gasteiger partial charge in [0, 0.05) is 19.1 Å². The van der Waals surface area contributed by atoms with Gasteiger partial charge in [0.25, 0.3) is 0 Å². The zero-order valence-corrected chi connectivity index (χ0v) is 18.0. The first-order chi connectivity index (χ1) is 14.6. The molecule has 0 bridgehead atoms. The van der Waals surface area contributed by atoms with Gasteiger partial charge in [0.15, 0.2) is 11.0 Å². The largest absolute Gasteiger partial charge is 0.342 e. The van der Waals surface area contributed by atoms with Crippen LogP contribution in [-0.4, -0.2) is 38.7 Å². The van der Waals surface area contributed by atoms with Crippen molar-refractivity contribution in [3.05, 3.63) is 66.0 Å². The second-order valence-electron chi connectivity index (χ2n) is 7.31. The van der Waals surface area contributed by atoms with Crippen LogP contribution in [0.1, 0.15) is 43.5 Å². The number of nitrogens with zero attached hydrogens (tertiary/aromatic N) is 4. The smallest absolute Gasteiger partial charge is 0.240 e. The lowest BCUT2D eigenvalue weighted by molar-refractivity contribution is -0.130. The lowest BCUT2D eigenvalue weighted by atomic mass is 10.1. The van der Waals surface area contributed by atoms with Gasteiger partial charge in [-0.1, -0.05) is 54.2 Å². The van der Waals surface area contributed by atoms with Crippen molar-refractivity contribution in [3.8, 4) is 11.4 Å². The van der Waals surface area contributed by atoms with Crippen LogP contribution in [-0.2, 0) is 4.79 Å². The van der Waals surface area contributed by atoms with Gasteiger partial charge in [0.05, 0.1) is 5.56 Å². The van der Waals surface area contributed by atoms with Crippen molar-refractivity contribution in [1.29, 1.82) is 0 Å². The van der Waals surface area contributed by atoms with Gasteiger partial charge < -0.3 is 4.90 Å². The monoisotopic (exact) mass is 424 g/mol. The summed E-state index contributed by atoms with van der Waals surface area (Å²) in [6, 6.07) is 16.6. The normalized spacial score (nSPS) is 14.5. The summed E-state index contributed by atoms with van der Waals surface area (Å²) >= 11 is 1.40. The molecule has 0 radical (unpaired) electrons. The quantitative estimate of drug-likeness (QED) is 0.471. The Labute approximate surface area is 180 Å². The molecule has 0 unspecified atom stereocenters. The van der Waals surface area contributed by atoms with Gasteiger partial charge >= 0.3 is 0 Å². The van der Waals surface area contributed by atoms with Crippen molar-refractivity contribution in [1.82, 2.24) is 19.7 Å². The highest BCUT2D eigenvalue weighted by molar-refractivity contribution is 8.00. The molecule has 1 atom stereocenters. The molecule has 156 valence electrons. The SMILES string of the molecule is CCN(CC)C(=O)[C@@H](Sc1nnc(-c2ccccc2F)n1C1CC1)c1ccccc1. The van der Waals surface area contributed by atoms with E-state index in [1.165, 1.54) is 17.8 Å². The Balaban J connectivity index is 1.73. The van der Waals surface area contributed by atoms with E-state index in [1.54, 1.807) is 18.2 Å². The van der Waals surface area contributed by atoms with Crippen LogP contribution in [0.3, 0.4) is 0 Å². The summed E-state index contributed by atoms with van der Waals surface area (Å²) < 4.78 is 16.5. The highest BCUT2D eigenvalue weighted by Crippen LogP contribution is 2.44. The van der Waals surface area contributed by atoms with E-state index in [4.69, 9.17) is 0 Å². The van der Waals surface area contributed by atoms with Crippen LogP contribution in [0.15, 0.2) is 59.8 Å². The van der Waals surface area contributed by atoms with Gasteiger partial charge in [-0.25, -0.2) is 4.39 Å². The van der Waals surface area contributed by atoms with Crippen molar-refractivity contribution in [2.24, 2.45) is 0 Å². The molecule has 3 aromatic rings. The molecule has 0 saturated heterocycles. The molecular weight excluding hydrogens is 399 g/mol. The number of likely N-dealkylation sites (N-methyl/N-ethyl adjacent to an activating group) is 1. The van der Waals surface area contributed by atoms with E-state index < -0.39 is 5.25 Å². The minimum absolute atomic E-state index is 0.0500. The van der Waals surface area contributed by atoms with E-state index in [2.05, 4.69) is 10.2 Å². The lowest BCUT2D eigenvalue weighted by Crippen LogP contribution is -2.34. The van der Waals surface area contributed by atoms with Crippen LogP contribution < -0.4 is 0 Å². The second-order valence-corrected chi connectivity index (χ2v) is 8.38. The van der Waals surface area contributed by atoms with Crippen molar-refractivity contribution < 1.29 is 9.18 Å². The zero-order chi connectivity index (χ0) is 21.1. The highest BCUT2D eigenvalue weighted by Gasteiger charge is 2.34. The fraction of sp³-hybridized carbons (Fsp3) is 0.348. The maximum absolute atomic E-state index is 14.5. The third kappa shape index (κ3) is 4.12. The molecule has 30 heavy (non-hydrogen) atoms. The van der Waals surface area contributed by atoms with Crippen molar-refractivity contribution >= 4 is 17.7 Å². The van der Waals surface area contributed by atoms with Crippen molar-refractivity contribution in [2.45, 2.75) is 43.1 Å². The van der Waals surface area contributed by atoms with E-state index in [1.807, 2.05) is 53.6 Å². The first-order valence-electron chi connectivity index (χ1n) is 10.3. The third-order valence-electron chi connectivity index (χ3n) is 5.32. The number of halogens is 1. The first-order valence-corrected chi connectivity index (χ1v) is 11.2. The van der Waals surface area contributed by atoms with Crippen molar-refractivity contribution in [2.75, 3.05) is 13.1 Å². The minimum atomic E-state index is -0.429. The number of hydrogen-bond donors (Lipinski definition) is 0. The van der Waals surface area contributed by atoms with E-state index in [0.29, 0.717) is 29.6 Å². The van der Waals surface area contributed by atoms with Crippen molar-refractivity contribution in [3.63, 3.8) is 0 Å². The molecule has 1 amide bonds. The number of rotatable bonds is 8. The van der Waals surface area contributed by atoms with Crippen LogP contribution >= 0.6 is 11.8 Å². The number of carbonyl (C=O) groups is 1. The minimum Gasteiger partial charge on any atom is -0.342 e. The van der Waals surface area contributed by atoms with Gasteiger partial charge in [-0.15, -0.1) is 10.2 Å². The van der Waals surface area contributed by atoms with E-state index in [0.717, 1.165) is 18.4 Å². The molecule has 1 aliphatic rings. The summed E-state index contributed by atoms with van der Waals surface area (Å²) in [5.74, 6) is 0.261. The number of carbonyl (C=O) groups excluding carboxylic acids is 1. The number of amides is 1. The zero-order valence-electron chi connectivity index (χ0n) is 17.2. The predicted octanol–water partition coefficient (Wildman–Crippen LogP) is 5.12. The van der Waals surface area contributed by atoms with Gasteiger partial charge in [-0.2, -0.15) is 0 Å². The summed E-state index contributed by atoms with van der Waals surface area (Å²) in [6.45, 7) is 5.26. The number of benzene rings is 2. The molecular formula is C23H25FN4OS. The maximum atomic E-state index is 14.5. The Morgan fingerprint density at radius 2 is 1.77 bits per heavy atom. The molecule has 0 spiro atoms. The standard InChI is InChI=1S/C23H25FN4OS/c1-3-27(4-2)22(29)20(16-10-6-5-7-11-16)30-23-26-25-21(28(23)17-14-15-17)18-12-8-9-13-19(18)24/h5-13,17,20H,3-4,14-15H2,1-2H3/t20-/m0/s1. The topological polar surface area (TPSA) is 51.0 Å². The molecule has 1 fully saturated rings. The number of aromatic nitrogens is 3. The average Bonchev–Trinajstić information content (AvgIpc) is 3.53. The Kier molecular flexibility index (Phi) is 6.18. The molecule has 0 aliphatic heterocycles. The van der Waals surface area contributed by atoms with Gasteiger partial charge in [0.1, 0.15) is 11.1 Å². The summed E-state index contributed by atoms with van der Waals surface area (Å²) in [5.41, 5.74) is 1.37. The third-order valence-corrected chi connectivity index (χ3v) is 6.51. The lowest BCUT2D eigenvalue weighted by Gasteiger charge is -2.25. The molecule has 2 aromatic carbocycles. The number of thioether (sulfide) groups is 1. The van der Waals surface area contributed by atoms with E-state index in [9.17, 15) is 9.18 Å². The number of hydrogen-bond acceptors (Lipinski definition) is 4. The molecule has 1 saturated carbocycles. The van der Waals surface area contributed by atoms with Crippen LogP contribution in [0.25, 0.3) is 11.4 Å². The van der Waals surface area contributed by atoms with Gasteiger partial charge in [-0.3, -0.25) is 9.36 Å². The summed E-state index contributed by atoms with van der Waals surface area (Å²) in [6.07, 6.45) is 2.01.